The maximum Gasteiger partial charge on any atom is 0.212 e. The van der Waals surface area contributed by atoms with Crippen molar-refractivity contribution >= 4 is 45.5 Å². The average molecular weight is 430 g/mol. The number of pyridine rings is 1. The van der Waals surface area contributed by atoms with Crippen molar-refractivity contribution in [2.24, 2.45) is 0 Å². The van der Waals surface area contributed by atoms with E-state index in [0.29, 0.717) is 0 Å². The second-order valence-electron chi connectivity index (χ2n) is 4.55. The van der Waals surface area contributed by atoms with Gasteiger partial charge >= 0.3 is 0 Å². The zero-order valence-corrected chi connectivity index (χ0v) is 14.5. The van der Waals surface area contributed by atoms with Gasteiger partial charge in [-0.15, -0.1) is 11.3 Å². The Bertz CT molecular complexity index is 770. The van der Waals surface area contributed by atoms with Crippen LogP contribution in [0.3, 0.4) is 0 Å². The molecule has 0 spiro atoms. The maximum absolute atomic E-state index is 12.9. The van der Waals surface area contributed by atoms with E-state index in [1.807, 2.05) is 18.2 Å². The molecule has 2 aromatic heterocycles. The minimum absolute atomic E-state index is 0.457. The summed E-state index contributed by atoms with van der Waals surface area (Å²) in [7, 11) is 0. The Hall–Kier alpha value is -0.980. The minimum atomic E-state index is -0.457. The summed E-state index contributed by atoms with van der Waals surface area (Å²) in [5, 5.41) is 0.786. The van der Waals surface area contributed by atoms with Gasteiger partial charge in [0.15, 0.2) is 0 Å². The van der Waals surface area contributed by atoms with Crippen molar-refractivity contribution in [3.8, 4) is 10.4 Å². The molecule has 21 heavy (non-hydrogen) atoms. The lowest BCUT2D eigenvalue weighted by Gasteiger charge is -2.03. The highest BCUT2D eigenvalue weighted by Crippen LogP contribution is 2.30. The highest BCUT2D eigenvalue weighted by molar-refractivity contribution is 14.1. The molecule has 0 N–H and O–H groups in total. The van der Waals surface area contributed by atoms with Crippen LogP contribution in [0.1, 0.15) is 10.4 Å². The number of halogens is 3. The largest absolute Gasteiger partial charge is 0.228 e. The van der Waals surface area contributed by atoms with E-state index in [1.165, 1.54) is 14.5 Å². The molecule has 0 aliphatic heterocycles. The predicted molar refractivity (Wildman–Crippen MR) is 94.5 cm³/mol. The smallest absolute Gasteiger partial charge is 0.212 e. The van der Waals surface area contributed by atoms with E-state index in [4.69, 9.17) is 11.6 Å². The third-order valence-corrected chi connectivity index (χ3v) is 5.22. The summed E-state index contributed by atoms with van der Waals surface area (Å²) < 4.78 is 14.0. The average Bonchev–Trinajstić information content (AvgIpc) is 2.92. The van der Waals surface area contributed by atoms with Crippen LogP contribution in [0.4, 0.5) is 4.39 Å². The number of hydrogen-bond acceptors (Lipinski definition) is 2. The molecule has 0 fully saturated rings. The number of thiophene rings is 1. The summed E-state index contributed by atoms with van der Waals surface area (Å²) >= 11 is 10.2. The summed E-state index contributed by atoms with van der Waals surface area (Å²) in [6.45, 7) is 0. The maximum atomic E-state index is 12.9. The van der Waals surface area contributed by atoms with E-state index in [2.05, 4.69) is 39.7 Å². The van der Waals surface area contributed by atoms with E-state index >= 15 is 0 Å². The van der Waals surface area contributed by atoms with E-state index < -0.39 is 5.95 Å². The van der Waals surface area contributed by atoms with Gasteiger partial charge in [-0.2, -0.15) is 4.39 Å². The van der Waals surface area contributed by atoms with Gasteiger partial charge in [0.2, 0.25) is 5.95 Å². The summed E-state index contributed by atoms with van der Waals surface area (Å²) in [5.74, 6) is -0.457. The Labute approximate surface area is 145 Å². The first-order valence-electron chi connectivity index (χ1n) is 6.26. The van der Waals surface area contributed by atoms with Gasteiger partial charge in [-0.05, 0) is 70.6 Å². The van der Waals surface area contributed by atoms with E-state index in [9.17, 15) is 4.39 Å². The highest BCUT2D eigenvalue weighted by atomic mass is 127. The van der Waals surface area contributed by atoms with Crippen LogP contribution in [0.25, 0.3) is 10.4 Å². The summed E-state index contributed by atoms with van der Waals surface area (Å²) in [6.07, 6.45) is 2.36. The molecule has 3 rings (SSSR count). The molecule has 0 saturated carbocycles. The molecule has 5 heteroatoms. The van der Waals surface area contributed by atoms with E-state index in [-0.39, 0.29) is 0 Å². The molecule has 0 amide bonds. The molecule has 0 radical (unpaired) electrons. The van der Waals surface area contributed by atoms with Crippen molar-refractivity contribution in [2.75, 3.05) is 0 Å². The first-order chi connectivity index (χ1) is 10.1. The number of benzene rings is 1. The predicted octanol–water partition coefficient (Wildman–Crippen LogP) is 5.80. The van der Waals surface area contributed by atoms with Crippen LogP contribution in [0.15, 0.2) is 48.7 Å². The Kier molecular flexibility index (Phi) is 4.57. The van der Waals surface area contributed by atoms with Crippen LogP contribution in [-0.4, -0.2) is 4.98 Å². The van der Waals surface area contributed by atoms with Crippen LogP contribution in [0.2, 0.25) is 5.02 Å². The zero-order chi connectivity index (χ0) is 14.8. The minimum Gasteiger partial charge on any atom is -0.228 e. The molecule has 1 aromatic carbocycles. The SMILES string of the molecule is Fc1ccc(-c2ccc(Cc3cc(I)ccc3Cl)s2)cn1. The summed E-state index contributed by atoms with van der Waals surface area (Å²) in [5.41, 5.74) is 2.05. The van der Waals surface area contributed by atoms with Gasteiger partial charge in [0.1, 0.15) is 0 Å². The summed E-state index contributed by atoms with van der Waals surface area (Å²) in [6, 6.07) is 13.3. The third-order valence-electron chi connectivity index (χ3n) is 3.05. The van der Waals surface area contributed by atoms with Gasteiger partial charge in [0, 0.05) is 36.5 Å². The van der Waals surface area contributed by atoms with Gasteiger partial charge in [-0.25, -0.2) is 4.98 Å². The second kappa shape index (κ2) is 6.42. The Morgan fingerprint density at radius 1 is 1.14 bits per heavy atom. The van der Waals surface area contributed by atoms with Crippen LogP contribution in [0, 0.1) is 9.52 Å². The van der Waals surface area contributed by atoms with Crippen molar-refractivity contribution in [2.45, 2.75) is 6.42 Å². The lowest BCUT2D eigenvalue weighted by atomic mass is 10.1. The van der Waals surface area contributed by atoms with Gasteiger partial charge < -0.3 is 0 Å². The Morgan fingerprint density at radius 2 is 2.00 bits per heavy atom. The lowest BCUT2D eigenvalue weighted by Crippen LogP contribution is -1.87. The van der Waals surface area contributed by atoms with Gasteiger partial charge in [-0.1, -0.05) is 11.6 Å². The van der Waals surface area contributed by atoms with Gasteiger partial charge in [0.25, 0.3) is 0 Å². The lowest BCUT2D eigenvalue weighted by molar-refractivity contribution is 0.584. The quantitative estimate of drug-likeness (QED) is 0.379. The first kappa shape index (κ1) is 14.9. The number of rotatable bonds is 3. The number of aromatic nitrogens is 1. The molecule has 1 nitrogen and oxygen atoms in total. The first-order valence-corrected chi connectivity index (χ1v) is 8.54. The number of nitrogens with zero attached hydrogens (tertiary/aromatic N) is 1. The molecule has 0 saturated heterocycles. The van der Waals surface area contributed by atoms with E-state index in [1.54, 1.807) is 23.6 Å². The molecule has 2 heterocycles. The normalized spacial score (nSPS) is 10.8. The topological polar surface area (TPSA) is 12.9 Å². The van der Waals surface area contributed by atoms with Gasteiger partial charge in [0.05, 0.1) is 0 Å². The molecule has 0 aliphatic rings. The van der Waals surface area contributed by atoms with Crippen molar-refractivity contribution in [1.29, 1.82) is 0 Å². The molecule has 3 aromatic rings. The fourth-order valence-electron chi connectivity index (χ4n) is 2.02. The fraction of sp³-hybridized carbons (Fsp3) is 0.0625. The monoisotopic (exact) mass is 429 g/mol. The molecule has 0 aliphatic carbocycles. The Balaban J connectivity index is 1.85. The molecule has 0 bridgehead atoms. The molecular weight excluding hydrogens is 420 g/mol. The highest BCUT2D eigenvalue weighted by Gasteiger charge is 2.07. The van der Waals surface area contributed by atoms with Crippen LogP contribution in [-0.2, 0) is 6.42 Å². The number of hydrogen-bond donors (Lipinski definition) is 0. The van der Waals surface area contributed by atoms with Crippen molar-refractivity contribution in [3.05, 3.63) is 73.6 Å². The molecule has 106 valence electrons. The van der Waals surface area contributed by atoms with E-state index in [0.717, 1.165) is 27.4 Å². The Morgan fingerprint density at radius 3 is 2.76 bits per heavy atom. The standard InChI is InChI=1S/C16H10ClFINS/c17-14-4-2-12(19)7-11(14)8-13-3-5-15(21-13)10-1-6-16(18)20-9-10/h1-7,9H,8H2. The van der Waals surface area contributed by atoms with Crippen LogP contribution < -0.4 is 0 Å². The van der Waals surface area contributed by atoms with Crippen LogP contribution in [0.5, 0.6) is 0 Å². The van der Waals surface area contributed by atoms with Crippen molar-refractivity contribution < 1.29 is 4.39 Å². The second-order valence-corrected chi connectivity index (χ2v) is 7.37. The fourth-order valence-corrected chi connectivity index (χ4v) is 3.78. The van der Waals surface area contributed by atoms with Gasteiger partial charge in [-0.3, -0.25) is 0 Å². The molecular formula is C16H10ClFINS. The van der Waals surface area contributed by atoms with Crippen molar-refractivity contribution in [1.82, 2.24) is 4.98 Å². The molecule has 0 unspecified atom stereocenters. The molecule has 0 atom stereocenters. The zero-order valence-electron chi connectivity index (χ0n) is 10.8. The van der Waals surface area contributed by atoms with Crippen LogP contribution >= 0.6 is 45.5 Å². The van der Waals surface area contributed by atoms with Crippen molar-refractivity contribution in [3.63, 3.8) is 0 Å². The summed E-state index contributed by atoms with van der Waals surface area (Å²) in [4.78, 5) is 6.00. The third kappa shape index (κ3) is 3.62.